The van der Waals surface area contributed by atoms with Crippen LogP contribution in [0.2, 0.25) is 0 Å². The fourth-order valence-corrected chi connectivity index (χ4v) is 2.27. The molecule has 0 atom stereocenters. The van der Waals surface area contributed by atoms with Crippen LogP contribution in [0, 0.1) is 0 Å². The van der Waals surface area contributed by atoms with Gasteiger partial charge in [-0.05, 0) is 35.4 Å². The number of aliphatic hydroxyl groups excluding tert-OH is 2. The molecule has 0 bridgehead atoms. The molecule has 2 rings (SSSR count). The van der Waals surface area contributed by atoms with E-state index in [-0.39, 0.29) is 19.0 Å². The van der Waals surface area contributed by atoms with Crippen molar-refractivity contribution in [2.75, 3.05) is 13.6 Å². The monoisotopic (exact) mass is 288 g/mol. The Bertz CT molecular complexity index is 541. The summed E-state index contributed by atoms with van der Waals surface area (Å²) in [5, 5.41) is 17.7. The maximum Gasteiger partial charge on any atom is 0.186 e. The van der Waals surface area contributed by atoms with Gasteiger partial charge in [-0.2, -0.15) is 0 Å². The van der Waals surface area contributed by atoms with Crippen molar-refractivity contribution in [3.8, 4) is 11.5 Å². The lowest BCUT2D eigenvalue weighted by Crippen LogP contribution is -2.19. The summed E-state index contributed by atoms with van der Waals surface area (Å²) in [6.07, 6.45) is 0. The summed E-state index contributed by atoms with van der Waals surface area (Å²) in [4.78, 5) is 0. The van der Waals surface area contributed by atoms with E-state index in [0.29, 0.717) is 11.5 Å². The van der Waals surface area contributed by atoms with Crippen LogP contribution < -0.4 is 9.47 Å². The quantitative estimate of drug-likeness (QED) is 0.802. The maximum absolute atomic E-state index is 8.86. The average molecular weight is 288 g/mol. The van der Waals surface area contributed by atoms with Crippen molar-refractivity contribution in [2.45, 2.75) is 19.3 Å². The summed E-state index contributed by atoms with van der Waals surface area (Å²) in [5.41, 5.74) is 1.87. The molecule has 0 unspecified atom stereocenters. The van der Waals surface area contributed by atoms with Crippen molar-refractivity contribution in [1.29, 1.82) is 0 Å². The van der Waals surface area contributed by atoms with E-state index in [4.69, 9.17) is 19.7 Å². The first-order valence-corrected chi connectivity index (χ1v) is 6.76. The van der Waals surface area contributed by atoms with E-state index in [1.807, 2.05) is 36.4 Å². The minimum absolute atomic E-state index is 0.260. The van der Waals surface area contributed by atoms with Crippen LogP contribution in [0.3, 0.4) is 0 Å². The molecule has 4 nitrogen and oxygen atoms in total. The molecule has 0 aliphatic heterocycles. The van der Waals surface area contributed by atoms with Crippen LogP contribution in [0.25, 0.3) is 0 Å². The average Bonchev–Trinajstić information content (AvgIpc) is 2.48. The fourth-order valence-electron chi connectivity index (χ4n) is 2.27. The molecular weight excluding hydrogens is 268 g/mol. The SMILES string of the molecule is CC(C)(c1cccc(OCO)c1)c1cccc(OCO)c1. The second-order valence-corrected chi connectivity index (χ2v) is 5.23. The summed E-state index contributed by atoms with van der Waals surface area (Å²) in [7, 11) is 0. The molecule has 112 valence electrons. The van der Waals surface area contributed by atoms with E-state index < -0.39 is 0 Å². The summed E-state index contributed by atoms with van der Waals surface area (Å²) >= 11 is 0. The maximum atomic E-state index is 8.86. The molecule has 2 aromatic rings. The Morgan fingerprint density at radius 2 is 1.24 bits per heavy atom. The van der Waals surface area contributed by atoms with E-state index in [9.17, 15) is 0 Å². The van der Waals surface area contributed by atoms with Gasteiger partial charge in [-0.3, -0.25) is 0 Å². The number of rotatable bonds is 6. The van der Waals surface area contributed by atoms with Crippen molar-refractivity contribution >= 4 is 0 Å². The fraction of sp³-hybridized carbons (Fsp3) is 0.294. The van der Waals surface area contributed by atoms with Crippen LogP contribution in [0.1, 0.15) is 25.0 Å². The number of aliphatic hydroxyl groups is 2. The minimum Gasteiger partial charge on any atom is -0.468 e. The van der Waals surface area contributed by atoms with Gasteiger partial charge < -0.3 is 19.7 Å². The third kappa shape index (κ3) is 3.54. The van der Waals surface area contributed by atoms with Crippen LogP contribution in [0.15, 0.2) is 48.5 Å². The molecule has 0 aromatic heterocycles. The van der Waals surface area contributed by atoms with Gasteiger partial charge in [0.15, 0.2) is 13.6 Å². The van der Waals surface area contributed by atoms with E-state index in [1.165, 1.54) is 0 Å². The standard InChI is InChI=1S/C17H20O4/c1-17(2,13-5-3-7-15(9-13)20-11-18)14-6-4-8-16(10-14)21-12-19/h3-10,18-19H,11-12H2,1-2H3. The second kappa shape index (κ2) is 6.61. The predicted octanol–water partition coefficient (Wildman–Crippen LogP) is 2.67. The number of benzene rings is 2. The first kappa shape index (κ1) is 15.4. The number of hydrogen-bond donors (Lipinski definition) is 2. The molecule has 0 saturated carbocycles. The predicted molar refractivity (Wildman–Crippen MR) is 80.4 cm³/mol. The topological polar surface area (TPSA) is 58.9 Å². The Balaban J connectivity index is 2.36. The smallest absolute Gasteiger partial charge is 0.186 e. The zero-order valence-electron chi connectivity index (χ0n) is 12.2. The highest BCUT2D eigenvalue weighted by atomic mass is 16.6. The Morgan fingerprint density at radius 3 is 1.62 bits per heavy atom. The summed E-state index contributed by atoms with van der Waals surface area (Å²) in [6, 6.07) is 15.3. The third-order valence-corrected chi connectivity index (χ3v) is 3.57. The Morgan fingerprint density at radius 1 is 0.810 bits per heavy atom. The zero-order valence-corrected chi connectivity index (χ0v) is 12.2. The zero-order chi connectivity index (χ0) is 15.3. The molecule has 2 N–H and O–H groups in total. The number of hydrogen-bond acceptors (Lipinski definition) is 4. The van der Waals surface area contributed by atoms with Gasteiger partial charge in [-0.25, -0.2) is 0 Å². The Hall–Kier alpha value is -2.04. The van der Waals surface area contributed by atoms with Gasteiger partial charge in [0, 0.05) is 5.41 Å². The first-order valence-electron chi connectivity index (χ1n) is 6.76. The highest BCUT2D eigenvalue weighted by Crippen LogP contribution is 2.34. The minimum atomic E-state index is -0.344. The van der Waals surface area contributed by atoms with Crippen LogP contribution in [0.4, 0.5) is 0 Å². The molecule has 0 saturated heterocycles. The second-order valence-electron chi connectivity index (χ2n) is 5.23. The lowest BCUT2D eigenvalue weighted by molar-refractivity contribution is 0.0981. The first-order chi connectivity index (χ1) is 10.1. The normalized spacial score (nSPS) is 11.2. The molecule has 21 heavy (non-hydrogen) atoms. The molecule has 0 aliphatic rings. The third-order valence-electron chi connectivity index (χ3n) is 3.57. The molecule has 4 heteroatoms. The van der Waals surface area contributed by atoms with Gasteiger partial charge >= 0.3 is 0 Å². The van der Waals surface area contributed by atoms with Crippen molar-refractivity contribution in [1.82, 2.24) is 0 Å². The molecule has 0 radical (unpaired) electrons. The van der Waals surface area contributed by atoms with E-state index in [0.717, 1.165) is 11.1 Å². The van der Waals surface area contributed by atoms with Gasteiger partial charge in [0.1, 0.15) is 11.5 Å². The van der Waals surface area contributed by atoms with Gasteiger partial charge in [-0.15, -0.1) is 0 Å². The Kier molecular flexibility index (Phi) is 4.83. The van der Waals surface area contributed by atoms with Crippen molar-refractivity contribution < 1.29 is 19.7 Å². The molecular formula is C17H20O4. The summed E-state index contributed by atoms with van der Waals surface area (Å²) < 4.78 is 10.3. The molecule has 2 aromatic carbocycles. The molecule has 0 spiro atoms. The summed E-state index contributed by atoms with van der Waals surface area (Å²) in [6.45, 7) is 3.51. The van der Waals surface area contributed by atoms with Gasteiger partial charge in [-0.1, -0.05) is 38.1 Å². The van der Waals surface area contributed by atoms with E-state index in [1.54, 1.807) is 12.1 Å². The largest absolute Gasteiger partial charge is 0.468 e. The lowest BCUT2D eigenvalue weighted by atomic mass is 9.78. The van der Waals surface area contributed by atoms with Crippen molar-refractivity contribution in [3.63, 3.8) is 0 Å². The summed E-state index contributed by atoms with van der Waals surface area (Å²) in [5.74, 6) is 1.26. The van der Waals surface area contributed by atoms with Crippen LogP contribution in [-0.4, -0.2) is 23.8 Å². The number of ether oxygens (including phenoxy) is 2. The van der Waals surface area contributed by atoms with Gasteiger partial charge in [0.25, 0.3) is 0 Å². The van der Waals surface area contributed by atoms with E-state index >= 15 is 0 Å². The highest BCUT2D eigenvalue weighted by molar-refractivity contribution is 5.43. The van der Waals surface area contributed by atoms with Crippen molar-refractivity contribution in [2.24, 2.45) is 0 Å². The molecule has 0 amide bonds. The van der Waals surface area contributed by atoms with Gasteiger partial charge in [0.05, 0.1) is 0 Å². The Labute approximate surface area is 124 Å². The lowest BCUT2D eigenvalue weighted by Gasteiger charge is -2.27. The van der Waals surface area contributed by atoms with Crippen LogP contribution in [-0.2, 0) is 5.41 Å². The molecule has 0 aliphatic carbocycles. The van der Waals surface area contributed by atoms with E-state index in [2.05, 4.69) is 13.8 Å². The van der Waals surface area contributed by atoms with Crippen LogP contribution >= 0.6 is 0 Å². The van der Waals surface area contributed by atoms with Crippen LogP contribution in [0.5, 0.6) is 11.5 Å². The molecule has 0 heterocycles. The highest BCUT2D eigenvalue weighted by Gasteiger charge is 2.24. The van der Waals surface area contributed by atoms with Gasteiger partial charge in [0.2, 0.25) is 0 Å². The molecule has 0 fully saturated rings. The van der Waals surface area contributed by atoms with Crippen molar-refractivity contribution in [3.05, 3.63) is 59.7 Å².